The summed E-state index contributed by atoms with van der Waals surface area (Å²) in [6.45, 7) is 4.19. The van der Waals surface area contributed by atoms with Gasteiger partial charge in [-0.3, -0.25) is 9.69 Å². The number of nitrogens with zero attached hydrogens (tertiary/aromatic N) is 1. The largest absolute Gasteiger partial charge is 0.480 e. The van der Waals surface area contributed by atoms with E-state index in [9.17, 15) is 9.90 Å². The summed E-state index contributed by atoms with van der Waals surface area (Å²) in [5.41, 5.74) is 0. The van der Waals surface area contributed by atoms with Crippen molar-refractivity contribution in [2.75, 3.05) is 13.1 Å². The molecule has 3 nitrogen and oxygen atoms in total. The maximum absolute atomic E-state index is 11.3. The molecule has 2 fully saturated rings. The third kappa shape index (κ3) is 2.40. The van der Waals surface area contributed by atoms with E-state index < -0.39 is 5.97 Å². The van der Waals surface area contributed by atoms with Gasteiger partial charge in [0.15, 0.2) is 0 Å². The summed E-state index contributed by atoms with van der Waals surface area (Å²) in [5, 5.41) is 9.28. The molecule has 0 aromatic rings. The molecule has 3 atom stereocenters. The fourth-order valence-electron chi connectivity index (χ4n) is 3.39. The van der Waals surface area contributed by atoms with Gasteiger partial charge < -0.3 is 5.11 Å². The van der Waals surface area contributed by atoms with Crippen molar-refractivity contribution in [2.24, 2.45) is 11.8 Å². The first kappa shape index (κ1) is 11.9. The van der Waals surface area contributed by atoms with Gasteiger partial charge in [-0.2, -0.15) is 0 Å². The Bertz CT molecular complexity index is 242. The Morgan fingerprint density at radius 2 is 2.00 bits per heavy atom. The summed E-state index contributed by atoms with van der Waals surface area (Å²) in [6, 6.07) is -0.217. The summed E-state index contributed by atoms with van der Waals surface area (Å²) in [7, 11) is 0. The molecule has 0 bridgehead atoms. The van der Waals surface area contributed by atoms with Crippen LogP contribution in [0, 0.1) is 11.8 Å². The van der Waals surface area contributed by atoms with E-state index in [1.807, 2.05) is 0 Å². The second-order valence-corrected chi connectivity index (χ2v) is 5.40. The molecule has 0 amide bonds. The number of rotatable bonds is 5. The van der Waals surface area contributed by atoms with Crippen LogP contribution in [0.5, 0.6) is 0 Å². The molecular weight excluding hydrogens is 202 g/mol. The average molecular weight is 225 g/mol. The van der Waals surface area contributed by atoms with Crippen molar-refractivity contribution in [1.82, 2.24) is 4.90 Å². The molecule has 1 saturated carbocycles. The predicted molar refractivity (Wildman–Crippen MR) is 63.4 cm³/mol. The lowest BCUT2D eigenvalue weighted by Gasteiger charge is -2.24. The number of hydrogen-bond acceptors (Lipinski definition) is 2. The summed E-state index contributed by atoms with van der Waals surface area (Å²) >= 11 is 0. The summed E-state index contributed by atoms with van der Waals surface area (Å²) < 4.78 is 0. The molecule has 1 aliphatic heterocycles. The minimum Gasteiger partial charge on any atom is -0.480 e. The van der Waals surface area contributed by atoms with Crippen molar-refractivity contribution >= 4 is 5.97 Å². The van der Waals surface area contributed by atoms with Gasteiger partial charge in [-0.05, 0) is 31.1 Å². The van der Waals surface area contributed by atoms with E-state index in [0.29, 0.717) is 0 Å². The summed E-state index contributed by atoms with van der Waals surface area (Å²) in [4.78, 5) is 13.5. The molecule has 1 saturated heterocycles. The molecule has 0 aromatic heterocycles. The van der Waals surface area contributed by atoms with Gasteiger partial charge in [0.1, 0.15) is 6.04 Å². The normalized spacial score (nSPS) is 31.6. The molecular formula is C13H23NO2. The van der Waals surface area contributed by atoms with Crippen LogP contribution in [-0.2, 0) is 4.79 Å². The smallest absolute Gasteiger partial charge is 0.320 e. The number of fused-ring (bicyclic) bond motifs is 1. The zero-order valence-electron chi connectivity index (χ0n) is 10.2. The lowest BCUT2D eigenvalue weighted by Crippen LogP contribution is -2.40. The maximum Gasteiger partial charge on any atom is 0.320 e. The van der Waals surface area contributed by atoms with Crippen LogP contribution in [0.15, 0.2) is 0 Å². The van der Waals surface area contributed by atoms with Crippen molar-refractivity contribution in [3.05, 3.63) is 0 Å². The van der Waals surface area contributed by atoms with Crippen LogP contribution in [0.25, 0.3) is 0 Å². The van der Waals surface area contributed by atoms with Gasteiger partial charge >= 0.3 is 5.97 Å². The van der Waals surface area contributed by atoms with Crippen molar-refractivity contribution in [3.8, 4) is 0 Å². The Morgan fingerprint density at radius 3 is 2.50 bits per heavy atom. The zero-order chi connectivity index (χ0) is 11.5. The van der Waals surface area contributed by atoms with E-state index in [0.717, 1.165) is 44.2 Å². The lowest BCUT2D eigenvalue weighted by atomic mass is 10.0. The van der Waals surface area contributed by atoms with Crippen molar-refractivity contribution in [3.63, 3.8) is 0 Å². The van der Waals surface area contributed by atoms with E-state index >= 15 is 0 Å². The number of carboxylic acids is 1. The van der Waals surface area contributed by atoms with E-state index in [4.69, 9.17) is 0 Å². The average Bonchev–Trinajstić information content (AvgIpc) is 2.77. The molecule has 3 heteroatoms. The first-order valence-electron chi connectivity index (χ1n) is 6.69. The van der Waals surface area contributed by atoms with E-state index in [2.05, 4.69) is 11.8 Å². The van der Waals surface area contributed by atoms with Crippen molar-refractivity contribution < 1.29 is 9.90 Å². The number of hydrogen-bond donors (Lipinski definition) is 1. The third-order valence-corrected chi connectivity index (χ3v) is 4.31. The minimum atomic E-state index is -0.617. The van der Waals surface area contributed by atoms with Crippen LogP contribution in [0.4, 0.5) is 0 Å². The fraction of sp³-hybridized carbons (Fsp3) is 0.923. The maximum atomic E-state index is 11.3. The van der Waals surface area contributed by atoms with Gasteiger partial charge in [0.25, 0.3) is 0 Å². The number of likely N-dealkylation sites (tertiary alicyclic amines) is 1. The summed E-state index contributed by atoms with van der Waals surface area (Å²) in [5.74, 6) is 0.973. The SMILES string of the molecule is CCCCC(C(=O)O)N1CC2CCCC2C1. The third-order valence-electron chi connectivity index (χ3n) is 4.31. The van der Waals surface area contributed by atoms with Crippen LogP contribution >= 0.6 is 0 Å². The highest BCUT2D eigenvalue weighted by Crippen LogP contribution is 2.38. The Labute approximate surface area is 97.8 Å². The highest BCUT2D eigenvalue weighted by Gasteiger charge is 2.40. The standard InChI is InChI=1S/C13H23NO2/c1-2-3-7-12(13(15)16)14-8-10-5-4-6-11(10)9-14/h10-12H,2-9H2,1H3,(H,15,16). The Kier molecular flexibility index (Phi) is 3.85. The first-order valence-corrected chi connectivity index (χ1v) is 6.69. The van der Waals surface area contributed by atoms with Gasteiger partial charge in [0.05, 0.1) is 0 Å². The summed E-state index contributed by atoms with van der Waals surface area (Å²) in [6.07, 6.45) is 6.94. The zero-order valence-corrected chi connectivity index (χ0v) is 10.2. The first-order chi connectivity index (χ1) is 7.72. The minimum absolute atomic E-state index is 0.217. The molecule has 1 heterocycles. The molecule has 3 unspecified atom stereocenters. The molecule has 92 valence electrons. The number of carboxylic acid groups (broad SMARTS) is 1. The highest BCUT2D eigenvalue weighted by atomic mass is 16.4. The topological polar surface area (TPSA) is 40.5 Å². The molecule has 1 aliphatic carbocycles. The second-order valence-electron chi connectivity index (χ2n) is 5.40. The van der Waals surface area contributed by atoms with Crippen LogP contribution in [-0.4, -0.2) is 35.1 Å². The van der Waals surface area contributed by atoms with Crippen molar-refractivity contribution in [2.45, 2.75) is 51.5 Å². The predicted octanol–water partition coefficient (Wildman–Crippen LogP) is 2.36. The Morgan fingerprint density at radius 1 is 1.38 bits per heavy atom. The molecule has 2 rings (SSSR count). The number of carbonyl (C=O) groups is 1. The molecule has 1 N–H and O–H groups in total. The van der Waals surface area contributed by atoms with Gasteiger partial charge in [0, 0.05) is 13.1 Å². The van der Waals surface area contributed by atoms with Crippen LogP contribution in [0.1, 0.15) is 45.4 Å². The van der Waals surface area contributed by atoms with E-state index in [-0.39, 0.29) is 6.04 Å². The second kappa shape index (κ2) is 5.17. The lowest BCUT2D eigenvalue weighted by molar-refractivity contribution is -0.143. The van der Waals surface area contributed by atoms with Crippen LogP contribution in [0.2, 0.25) is 0 Å². The molecule has 0 radical (unpaired) electrons. The van der Waals surface area contributed by atoms with E-state index in [1.165, 1.54) is 19.3 Å². The molecule has 16 heavy (non-hydrogen) atoms. The highest BCUT2D eigenvalue weighted by molar-refractivity contribution is 5.73. The fourth-order valence-corrected chi connectivity index (χ4v) is 3.39. The van der Waals surface area contributed by atoms with Gasteiger partial charge in [0.2, 0.25) is 0 Å². The number of unbranched alkanes of at least 4 members (excludes halogenated alkanes) is 1. The molecule has 0 aromatic carbocycles. The van der Waals surface area contributed by atoms with Gasteiger partial charge in [-0.15, -0.1) is 0 Å². The van der Waals surface area contributed by atoms with Gasteiger partial charge in [-0.25, -0.2) is 0 Å². The van der Waals surface area contributed by atoms with Crippen LogP contribution in [0.3, 0.4) is 0 Å². The van der Waals surface area contributed by atoms with Crippen LogP contribution < -0.4 is 0 Å². The molecule has 2 aliphatic rings. The monoisotopic (exact) mass is 225 g/mol. The van der Waals surface area contributed by atoms with E-state index in [1.54, 1.807) is 0 Å². The molecule has 0 spiro atoms. The Hall–Kier alpha value is -0.570. The number of aliphatic carboxylic acids is 1. The van der Waals surface area contributed by atoms with Gasteiger partial charge in [-0.1, -0.05) is 26.2 Å². The Balaban J connectivity index is 1.91. The quantitative estimate of drug-likeness (QED) is 0.781. The van der Waals surface area contributed by atoms with Crippen molar-refractivity contribution in [1.29, 1.82) is 0 Å².